The van der Waals surface area contributed by atoms with Gasteiger partial charge in [0.05, 0.1) is 5.02 Å². The number of halogens is 3. The van der Waals surface area contributed by atoms with Crippen molar-refractivity contribution in [3.8, 4) is 0 Å². The van der Waals surface area contributed by atoms with Crippen LogP contribution in [0.1, 0.15) is 5.56 Å². The van der Waals surface area contributed by atoms with Crippen LogP contribution >= 0.6 is 23.2 Å². The van der Waals surface area contributed by atoms with Crippen molar-refractivity contribution < 1.29 is 4.39 Å². The molecule has 0 radical (unpaired) electrons. The molecule has 0 aliphatic carbocycles. The van der Waals surface area contributed by atoms with Gasteiger partial charge in [0.1, 0.15) is 5.15 Å². The van der Waals surface area contributed by atoms with Gasteiger partial charge in [-0.15, -0.1) is 0 Å². The topological polar surface area (TPSA) is 12.9 Å². The molecule has 1 nitrogen and oxygen atoms in total. The Morgan fingerprint density at radius 2 is 2.10 bits per heavy atom. The minimum Gasteiger partial charge on any atom is -0.207 e. The Hall–Kier alpha value is -0.340. The summed E-state index contributed by atoms with van der Waals surface area (Å²) in [6.45, 7) is 1.68. The van der Waals surface area contributed by atoms with Crippen molar-refractivity contribution in [2.45, 2.75) is 6.92 Å². The molecule has 0 aromatic carbocycles. The van der Waals surface area contributed by atoms with Crippen molar-refractivity contribution in [3.63, 3.8) is 0 Å². The maximum atomic E-state index is 12.3. The lowest BCUT2D eigenvalue weighted by molar-refractivity contribution is 0.583. The Bertz CT molecular complexity index is 239. The van der Waals surface area contributed by atoms with Crippen LogP contribution in [0.3, 0.4) is 0 Å². The zero-order chi connectivity index (χ0) is 7.72. The Morgan fingerprint density at radius 1 is 1.50 bits per heavy atom. The maximum absolute atomic E-state index is 12.3. The Balaban J connectivity index is 3.31. The van der Waals surface area contributed by atoms with E-state index in [0.717, 1.165) is 6.07 Å². The Morgan fingerprint density at radius 3 is 2.60 bits per heavy atom. The summed E-state index contributed by atoms with van der Waals surface area (Å²) >= 11 is 11.0. The highest BCUT2D eigenvalue weighted by Crippen LogP contribution is 2.21. The van der Waals surface area contributed by atoms with Crippen LogP contribution in [-0.2, 0) is 0 Å². The normalized spacial score (nSPS) is 10.0. The van der Waals surface area contributed by atoms with E-state index in [4.69, 9.17) is 23.2 Å². The molecule has 54 valence electrons. The highest BCUT2D eigenvalue weighted by atomic mass is 35.5. The lowest BCUT2D eigenvalue weighted by Gasteiger charge is -1.97. The van der Waals surface area contributed by atoms with Gasteiger partial charge in [0.25, 0.3) is 0 Å². The summed E-state index contributed by atoms with van der Waals surface area (Å²) in [5, 5.41) is 0.419. The fourth-order valence-electron chi connectivity index (χ4n) is 0.521. The molecule has 1 aromatic rings. The number of rotatable bonds is 0. The predicted molar refractivity (Wildman–Crippen MR) is 39.0 cm³/mol. The third-order valence-corrected chi connectivity index (χ3v) is 1.88. The van der Waals surface area contributed by atoms with Crippen LogP contribution in [0.4, 0.5) is 4.39 Å². The Labute approximate surface area is 67.8 Å². The van der Waals surface area contributed by atoms with Gasteiger partial charge in [0, 0.05) is 11.6 Å². The second-order valence-corrected chi connectivity index (χ2v) is 2.61. The van der Waals surface area contributed by atoms with E-state index in [1.54, 1.807) is 6.92 Å². The van der Waals surface area contributed by atoms with Crippen LogP contribution in [0.25, 0.3) is 0 Å². The Kier molecular flexibility index (Phi) is 2.11. The van der Waals surface area contributed by atoms with Crippen LogP contribution < -0.4 is 0 Å². The average molecular weight is 180 g/mol. The molecule has 0 saturated heterocycles. The van der Waals surface area contributed by atoms with Gasteiger partial charge in [0.15, 0.2) is 0 Å². The molecule has 0 amide bonds. The van der Waals surface area contributed by atoms with Gasteiger partial charge in [-0.3, -0.25) is 0 Å². The zero-order valence-electron chi connectivity index (χ0n) is 5.16. The quantitative estimate of drug-likeness (QED) is 0.559. The minimum absolute atomic E-state index is 0.116. The van der Waals surface area contributed by atoms with Gasteiger partial charge in [0.2, 0.25) is 5.95 Å². The lowest BCUT2D eigenvalue weighted by atomic mass is 10.3. The lowest BCUT2D eigenvalue weighted by Crippen LogP contribution is -1.86. The van der Waals surface area contributed by atoms with Gasteiger partial charge in [-0.1, -0.05) is 23.2 Å². The summed E-state index contributed by atoms with van der Waals surface area (Å²) in [4.78, 5) is 3.35. The standard InChI is InChI=1S/C6H4Cl2FN/c1-3-4(7)2-5(9)10-6(3)8/h2H,1H3. The van der Waals surface area contributed by atoms with Crippen molar-refractivity contribution >= 4 is 23.2 Å². The average Bonchev–Trinajstić information content (AvgIpc) is 1.82. The van der Waals surface area contributed by atoms with Gasteiger partial charge in [-0.2, -0.15) is 4.39 Å². The molecule has 0 saturated carbocycles. The van der Waals surface area contributed by atoms with Crippen molar-refractivity contribution in [1.29, 1.82) is 0 Å². The summed E-state index contributed by atoms with van der Waals surface area (Å²) in [5.74, 6) is -0.652. The van der Waals surface area contributed by atoms with Crippen LogP contribution in [0.15, 0.2) is 6.07 Å². The van der Waals surface area contributed by atoms with E-state index in [-0.39, 0.29) is 5.15 Å². The van der Waals surface area contributed by atoms with Crippen molar-refractivity contribution in [1.82, 2.24) is 4.98 Å². The van der Waals surface area contributed by atoms with Crippen molar-refractivity contribution in [2.75, 3.05) is 0 Å². The summed E-state index contributed by atoms with van der Waals surface area (Å²) in [5.41, 5.74) is 0.602. The summed E-state index contributed by atoms with van der Waals surface area (Å²) in [6.07, 6.45) is 0. The molecule has 0 spiro atoms. The minimum atomic E-state index is -0.652. The number of pyridine rings is 1. The molecular weight excluding hydrogens is 176 g/mol. The number of hydrogen-bond acceptors (Lipinski definition) is 1. The highest BCUT2D eigenvalue weighted by molar-refractivity contribution is 6.35. The van der Waals surface area contributed by atoms with E-state index < -0.39 is 5.95 Å². The van der Waals surface area contributed by atoms with E-state index in [1.807, 2.05) is 0 Å². The van der Waals surface area contributed by atoms with Gasteiger partial charge in [-0.05, 0) is 6.92 Å². The van der Waals surface area contributed by atoms with Crippen LogP contribution in [-0.4, -0.2) is 4.98 Å². The SMILES string of the molecule is Cc1c(Cl)cc(F)nc1Cl. The second kappa shape index (κ2) is 2.72. The van der Waals surface area contributed by atoms with Crippen LogP contribution in [0.2, 0.25) is 10.2 Å². The molecule has 0 atom stereocenters. The first-order valence-corrected chi connectivity index (χ1v) is 3.35. The number of hydrogen-bond donors (Lipinski definition) is 0. The van der Waals surface area contributed by atoms with Gasteiger partial charge < -0.3 is 0 Å². The molecule has 1 rings (SSSR count). The first-order chi connectivity index (χ1) is 4.61. The smallest absolute Gasteiger partial charge is 0.207 e. The molecule has 0 bridgehead atoms. The summed E-state index contributed by atoms with van der Waals surface area (Å²) in [7, 11) is 0. The fourth-order valence-corrected chi connectivity index (χ4v) is 0.932. The third kappa shape index (κ3) is 1.39. The zero-order valence-corrected chi connectivity index (χ0v) is 6.67. The summed E-state index contributed by atoms with van der Waals surface area (Å²) in [6, 6.07) is 1.13. The van der Waals surface area contributed by atoms with Crippen molar-refractivity contribution in [2.24, 2.45) is 0 Å². The van der Waals surface area contributed by atoms with E-state index in [1.165, 1.54) is 0 Å². The first-order valence-electron chi connectivity index (χ1n) is 2.59. The molecule has 0 unspecified atom stereocenters. The molecule has 0 fully saturated rings. The molecule has 0 aliphatic rings. The molecule has 0 N–H and O–H groups in total. The van der Waals surface area contributed by atoms with E-state index in [2.05, 4.69) is 4.98 Å². The molecule has 1 heterocycles. The van der Waals surface area contributed by atoms with Gasteiger partial charge >= 0.3 is 0 Å². The van der Waals surface area contributed by atoms with E-state index in [9.17, 15) is 4.39 Å². The number of nitrogens with zero attached hydrogens (tertiary/aromatic N) is 1. The maximum Gasteiger partial charge on any atom is 0.215 e. The monoisotopic (exact) mass is 179 g/mol. The molecule has 10 heavy (non-hydrogen) atoms. The largest absolute Gasteiger partial charge is 0.215 e. The first kappa shape index (κ1) is 7.76. The predicted octanol–water partition coefficient (Wildman–Crippen LogP) is 2.84. The highest BCUT2D eigenvalue weighted by Gasteiger charge is 2.03. The summed E-state index contributed by atoms with van der Waals surface area (Å²) < 4.78 is 12.3. The molecular formula is C6H4Cl2FN. The fraction of sp³-hybridized carbons (Fsp3) is 0.167. The van der Waals surface area contributed by atoms with Gasteiger partial charge in [-0.25, -0.2) is 4.98 Å². The second-order valence-electron chi connectivity index (χ2n) is 1.84. The molecule has 4 heteroatoms. The van der Waals surface area contributed by atoms with Crippen LogP contribution in [0, 0.1) is 12.9 Å². The number of aromatic nitrogens is 1. The van der Waals surface area contributed by atoms with E-state index >= 15 is 0 Å². The van der Waals surface area contributed by atoms with E-state index in [0.29, 0.717) is 10.6 Å². The third-order valence-electron chi connectivity index (χ3n) is 1.12. The molecule has 0 aliphatic heterocycles. The van der Waals surface area contributed by atoms with Crippen molar-refractivity contribution in [3.05, 3.63) is 27.8 Å². The van der Waals surface area contributed by atoms with Crippen LogP contribution in [0.5, 0.6) is 0 Å². The molecule has 1 aromatic heterocycles.